The van der Waals surface area contributed by atoms with Crippen molar-refractivity contribution in [2.75, 3.05) is 20.2 Å². The first-order chi connectivity index (χ1) is 18.9. The molecule has 3 aromatic rings. The van der Waals surface area contributed by atoms with Crippen LogP contribution in [-0.2, 0) is 22.6 Å². The number of imidazole rings is 1. The van der Waals surface area contributed by atoms with Crippen molar-refractivity contribution in [1.29, 1.82) is 5.26 Å². The van der Waals surface area contributed by atoms with Crippen LogP contribution in [0.4, 0.5) is 0 Å². The van der Waals surface area contributed by atoms with Gasteiger partial charge in [-0.15, -0.1) is 0 Å². The fourth-order valence-corrected chi connectivity index (χ4v) is 5.30. The molecule has 2 atom stereocenters. The molecule has 1 aliphatic heterocycles. The van der Waals surface area contributed by atoms with Gasteiger partial charge in [0.25, 0.3) is 5.91 Å². The van der Waals surface area contributed by atoms with Gasteiger partial charge in [-0.3, -0.25) is 9.69 Å². The third-order valence-electron chi connectivity index (χ3n) is 7.75. The molecule has 1 aromatic heterocycles. The molecule has 0 aliphatic carbocycles. The largest absolute Gasteiger partial charge is 0.467 e. The van der Waals surface area contributed by atoms with Crippen LogP contribution in [0.2, 0.25) is 0 Å². The Bertz CT molecular complexity index is 1270. The Hall–Kier alpha value is -3.96. The third kappa shape index (κ3) is 6.73. The molecule has 0 radical (unpaired) electrons. The Kier molecular flexibility index (Phi) is 9.50. The average Bonchev–Trinajstić information content (AvgIpc) is 3.42. The number of aromatic nitrogens is 2. The molecule has 0 N–H and O–H groups in total. The van der Waals surface area contributed by atoms with Crippen molar-refractivity contribution in [3.63, 3.8) is 0 Å². The van der Waals surface area contributed by atoms with Gasteiger partial charge in [-0.1, -0.05) is 50.6 Å². The minimum atomic E-state index is -0.627. The number of benzene rings is 2. The normalized spacial score (nSPS) is 15.7. The van der Waals surface area contributed by atoms with Crippen molar-refractivity contribution in [2.24, 2.45) is 5.92 Å². The minimum absolute atomic E-state index is 0.0280. The van der Waals surface area contributed by atoms with Crippen LogP contribution in [0.5, 0.6) is 0 Å². The number of nitriles is 1. The second kappa shape index (κ2) is 13.2. The van der Waals surface area contributed by atoms with E-state index in [-0.39, 0.29) is 23.8 Å². The second-order valence-corrected chi connectivity index (χ2v) is 10.3. The zero-order valence-electron chi connectivity index (χ0n) is 23.0. The van der Waals surface area contributed by atoms with Crippen LogP contribution < -0.4 is 0 Å². The van der Waals surface area contributed by atoms with Gasteiger partial charge in [0.15, 0.2) is 0 Å². The summed E-state index contributed by atoms with van der Waals surface area (Å²) in [5, 5.41) is 9.05. The van der Waals surface area contributed by atoms with Crippen LogP contribution >= 0.6 is 0 Å². The number of ether oxygens (including phenoxy) is 1. The summed E-state index contributed by atoms with van der Waals surface area (Å²) in [6.45, 7) is 7.10. The lowest BCUT2D eigenvalue weighted by Gasteiger charge is -2.43. The van der Waals surface area contributed by atoms with Gasteiger partial charge < -0.3 is 14.2 Å². The second-order valence-electron chi connectivity index (χ2n) is 10.3. The Morgan fingerprint density at radius 1 is 1.10 bits per heavy atom. The predicted octanol–water partition coefficient (Wildman–Crippen LogP) is 4.50. The Morgan fingerprint density at radius 2 is 1.79 bits per heavy atom. The first-order valence-electron chi connectivity index (χ1n) is 13.6. The fraction of sp³-hybridized carbons (Fsp3) is 0.419. The number of likely N-dealkylation sites (tertiary alicyclic amines) is 1. The van der Waals surface area contributed by atoms with Crippen molar-refractivity contribution in [3.05, 3.63) is 89.5 Å². The van der Waals surface area contributed by atoms with Gasteiger partial charge in [0, 0.05) is 44.0 Å². The number of nitrogens with zero attached hydrogens (tertiary/aromatic N) is 5. The molecule has 2 heterocycles. The molecule has 204 valence electrons. The number of hydrogen-bond donors (Lipinski definition) is 0. The van der Waals surface area contributed by atoms with Gasteiger partial charge >= 0.3 is 5.97 Å². The summed E-state index contributed by atoms with van der Waals surface area (Å²) in [5.41, 5.74) is 3.46. The van der Waals surface area contributed by atoms with Crippen molar-refractivity contribution >= 4 is 11.9 Å². The van der Waals surface area contributed by atoms with E-state index in [0.29, 0.717) is 17.7 Å². The van der Waals surface area contributed by atoms with Gasteiger partial charge in [0.1, 0.15) is 6.04 Å². The maximum Gasteiger partial charge on any atom is 0.328 e. The summed E-state index contributed by atoms with van der Waals surface area (Å²) in [6.07, 6.45) is 6.05. The highest BCUT2D eigenvalue weighted by atomic mass is 16.5. The summed E-state index contributed by atoms with van der Waals surface area (Å²) in [4.78, 5) is 35.3. The maximum atomic E-state index is 13.8. The quantitative estimate of drug-likeness (QED) is 0.361. The first kappa shape index (κ1) is 28.1. The van der Waals surface area contributed by atoms with Crippen LogP contribution in [0.25, 0.3) is 0 Å². The number of carbonyl (C=O) groups is 2. The van der Waals surface area contributed by atoms with E-state index < -0.39 is 6.04 Å². The van der Waals surface area contributed by atoms with E-state index in [1.807, 2.05) is 85.9 Å². The monoisotopic (exact) mass is 527 g/mol. The molecule has 0 saturated carbocycles. The van der Waals surface area contributed by atoms with E-state index in [2.05, 4.69) is 20.5 Å². The third-order valence-corrected chi connectivity index (χ3v) is 7.75. The number of esters is 1. The molecule has 1 unspecified atom stereocenters. The summed E-state index contributed by atoms with van der Waals surface area (Å²) in [6, 6.07) is 18.3. The number of rotatable bonds is 10. The highest BCUT2D eigenvalue weighted by Gasteiger charge is 2.40. The molecule has 8 heteroatoms. The standard InChI is InChI=1S/C31H37N5O3/c1-4-23(2)29(31(38)39-3)36(30(37)26-8-6-5-7-9-26)27-14-16-34(17-15-27)21-28-19-33-22-35(28)20-25-12-10-24(18-32)11-13-25/h5-13,19,22-23,27,29H,4,14-17,20-21H2,1-3H3/t23?,29-/m0/s1. The molecule has 1 aliphatic rings. The van der Waals surface area contributed by atoms with Gasteiger partial charge in [-0.05, 0) is 48.6 Å². The SMILES string of the molecule is CCC(C)[C@@H](C(=O)OC)N(C(=O)c1ccccc1)C1CCN(Cc2cncn2Cc2ccc(C#N)cc2)CC1. The minimum Gasteiger partial charge on any atom is -0.467 e. The molecular formula is C31H37N5O3. The van der Waals surface area contributed by atoms with Crippen molar-refractivity contribution in [3.8, 4) is 6.07 Å². The Balaban J connectivity index is 1.47. The van der Waals surface area contributed by atoms with E-state index in [9.17, 15) is 9.59 Å². The lowest BCUT2D eigenvalue weighted by atomic mass is 9.92. The molecule has 0 bridgehead atoms. The number of methoxy groups -OCH3 is 1. The van der Waals surface area contributed by atoms with Gasteiger partial charge in [-0.25, -0.2) is 9.78 Å². The molecule has 39 heavy (non-hydrogen) atoms. The van der Waals surface area contributed by atoms with Gasteiger partial charge in [0.05, 0.1) is 30.8 Å². The van der Waals surface area contributed by atoms with E-state index in [1.54, 1.807) is 0 Å². The van der Waals surface area contributed by atoms with Crippen LogP contribution in [0.3, 0.4) is 0 Å². The highest BCUT2D eigenvalue weighted by molar-refractivity contribution is 5.97. The number of piperidine rings is 1. The molecule has 0 spiro atoms. The summed E-state index contributed by atoms with van der Waals surface area (Å²) in [5.74, 6) is -0.507. The van der Waals surface area contributed by atoms with E-state index in [4.69, 9.17) is 10.00 Å². The fourth-order valence-electron chi connectivity index (χ4n) is 5.30. The van der Waals surface area contributed by atoms with Crippen LogP contribution in [0.1, 0.15) is 60.3 Å². The Labute approximate surface area is 230 Å². The number of hydrogen-bond acceptors (Lipinski definition) is 6. The van der Waals surface area contributed by atoms with Crippen LogP contribution in [-0.4, -0.2) is 63.5 Å². The average molecular weight is 528 g/mol. The number of carbonyl (C=O) groups excluding carboxylic acids is 2. The molecule has 2 aromatic carbocycles. The lowest BCUT2D eigenvalue weighted by molar-refractivity contribution is -0.149. The zero-order chi connectivity index (χ0) is 27.8. The highest BCUT2D eigenvalue weighted by Crippen LogP contribution is 2.27. The Morgan fingerprint density at radius 3 is 2.41 bits per heavy atom. The zero-order valence-corrected chi connectivity index (χ0v) is 23.0. The van der Waals surface area contributed by atoms with Crippen LogP contribution in [0, 0.1) is 17.2 Å². The smallest absolute Gasteiger partial charge is 0.328 e. The van der Waals surface area contributed by atoms with E-state index in [1.165, 1.54) is 7.11 Å². The maximum absolute atomic E-state index is 13.8. The summed E-state index contributed by atoms with van der Waals surface area (Å²) >= 11 is 0. The molecule has 1 saturated heterocycles. The van der Waals surface area contributed by atoms with Crippen molar-refractivity contribution in [2.45, 2.75) is 58.3 Å². The topological polar surface area (TPSA) is 91.5 Å². The van der Waals surface area contributed by atoms with Crippen LogP contribution in [0.15, 0.2) is 67.1 Å². The molecule has 1 amide bonds. The molecule has 1 fully saturated rings. The lowest BCUT2D eigenvalue weighted by Crippen LogP contribution is -2.56. The summed E-state index contributed by atoms with van der Waals surface area (Å²) < 4.78 is 7.32. The predicted molar refractivity (Wildman–Crippen MR) is 149 cm³/mol. The summed E-state index contributed by atoms with van der Waals surface area (Å²) in [7, 11) is 1.40. The van der Waals surface area contributed by atoms with Gasteiger partial charge in [0.2, 0.25) is 0 Å². The van der Waals surface area contributed by atoms with E-state index in [0.717, 1.165) is 50.2 Å². The van der Waals surface area contributed by atoms with Gasteiger partial charge in [-0.2, -0.15) is 5.26 Å². The molecule has 4 rings (SSSR count). The number of amides is 1. The first-order valence-corrected chi connectivity index (χ1v) is 13.6. The molecular weight excluding hydrogens is 490 g/mol. The van der Waals surface area contributed by atoms with E-state index >= 15 is 0 Å². The van der Waals surface area contributed by atoms with Crippen molar-refractivity contribution in [1.82, 2.24) is 19.4 Å². The van der Waals surface area contributed by atoms with Crippen molar-refractivity contribution < 1.29 is 14.3 Å². The molecule has 8 nitrogen and oxygen atoms in total.